The van der Waals surface area contributed by atoms with Crippen LogP contribution >= 0.6 is 38.9 Å². The van der Waals surface area contributed by atoms with Gasteiger partial charge in [-0.05, 0) is 71.8 Å². The molecular weight excluding hydrogens is 576 g/mol. The van der Waals surface area contributed by atoms with E-state index in [2.05, 4.69) is 43.4 Å². The topological polar surface area (TPSA) is 73.9 Å². The van der Waals surface area contributed by atoms with Gasteiger partial charge in [-0.1, -0.05) is 41.9 Å². The Hall–Kier alpha value is -2.43. The van der Waals surface area contributed by atoms with Crippen LogP contribution in [0.5, 0.6) is 0 Å². The van der Waals surface area contributed by atoms with E-state index in [4.69, 9.17) is 16.3 Å². The third kappa shape index (κ3) is 8.02. The number of nitrogens with one attached hydrogen (secondary N) is 2. The molecule has 2 amide bonds. The lowest BCUT2D eigenvalue weighted by Crippen LogP contribution is -2.46. The average molecular weight is 606 g/mol. The summed E-state index contributed by atoms with van der Waals surface area (Å²) in [5.74, 6) is -0.712. The summed E-state index contributed by atoms with van der Waals surface area (Å²) < 4.78 is 6.64. The largest absolute Gasteiger partial charge is 0.374 e. The average Bonchev–Trinajstić information content (AvgIpc) is 3.21. The summed E-state index contributed by atoms with van der Waals surface area (Å²) in [6, 6.07) is 17.8. The van der Waals surface area contributed by atoms with Gasteiger partial charge < -0.3 is 25.2 Å². The molecule has 1 aromatic heterocycles. The number of carbonyl (C=O) groups excluding carboxylic acids is 2. The quantitative estimate of drug-likeness (QED) is 0.348. The van der Waals surface area contributed by atoms with E-state index in [1.807, 2.05) is 42.5 Å². The van der Waals surface area contributed by atoms with Crippen molar-refractivity contribution >= 4 is 62.1 Å². The van der Waals surface area contributed by atoms with E-state index in [1.165, 1.54) is 11.3 Å². The Kier molecular flexibility index (Phi) is 9.99. The van der Waals surface area contributed by atoms with Crippen LogP contribution in [0.25, 0.3) is 0 Å². The number of halogens is 2. The first kappa shape index (κ1) is 27.6. The fourth-order valence-electron chi connectivity index (χ4n) is 4.08. The molecule has 1 aliphatic rings. The predicted molar refractivity (Wildman–Crippen MR) is 154 cm³/mol. The molecule has 0 bridgehead atoms. The molecule has 7 nitrogen and oxygen atoms in total. The lowest BCUT2D eigenvalue weighted by Gasteiger charge is -2.24. The van der Waals surface area contributed by atoms with E-state index in [0.717, 1.165) is 47.6 Å². The van der Waals surface area contributed by atoms with Crippen molar-refractivity contribution in [3.63, 3.8) is 0 Å². The van der Waals surface area contributed by atoms with Gasteiger partial charge in [0.25, 0.3) is 5.91 Å². The zero-order chi connectivity index (χ0) is 26.2. The van der Waals surface area contributed by atoms with Gasteiger partial charge in [0.05, 0.1) is 32.6 Å². The molecule has 2 aromatic carbocycles. The number of ether oxygens (including phenoxy) is 1. The number of hydrogen-bond donors (Lipinski definition) is 2. The van der Waals surface area contributed by atoms with Gasteiger partial charge in [0.1, 0.15) is 6.04 Å². The minimum absolute atomic E-state index is 0.0200. The Balaban J connectivity index is 1.43. The van der Waals surface area contributed by atoms with Gasteiger partial charge in [0.15, 0.2) is 0 Å². The Morgan fingerprint density at radius 2 is 1.89 bits per heavy atom. The number of nitrogens with zero attached hydrogens (tertiary/aromatic N) is 2. The van der Waals surface area contributed by atoms with Gasteiger partial charge in [0.2, 0.25) is 5.91 Å². The van der Waals surface area contributed by atoms with E-state index in [-0.39, 0.29) is 18.4 Å². The Morgan fingerprint density at radius 3 is 2.62 bits per heavy atom. The summed E-state index contributed by atoms with van der Waals surface area (Å²) >= 11 is 11.3. The van der Waals surface area contributed by atoms with Crippen LogP contribution in [0.3, 0.4) is 0 Å². The van der Waals surface area contributed by atoms with Gasteiger partial charge in [-0.15, -0.1) is 11.3 Å². The van der Waals surface area contributed by atoms with Gasteiger partial charge in [0, 0.05) is 25.3 Å². The number of rotatable bonds is 9. The standard InChI is InChI=1S/C27H30BrClN4O3S/c1-32-12-5-13-33(15-14-32)23-9-8-20(16-21(23)29)30-26(34)22(18-36-17-19-6-3-2-4-7-19)31-27(35)24-10-11-25(28)37-24/h2-4,6-11,16,22H,5,12-15,17-18H2,1H3,(H,30,34)(H,31,35)/t22-/m1/s1. The zero-order valence-electron chi connectivity index (χ0n) is 20.6. The number of hydrogen-bond acceptors (Lipinski definition) is 6. The maximum atomic E-state index is 13.2. The summed E-state index contributed by atoms with van der Waals surface area (Å²) in [7, 11) is 2.12. The molecule has 0 spiro atoms. The second-order valence-corrected chi connectivity index (χ2v) is 11.8. The fourth-order valence-corrected chi connectivity index (χ4v) is 5.66. The highest BCUT2D eigenvalue weighted by Gasteiger charge is 2.24. The third-order valence-corrected chi connectivity index (χ3v) is 8.02. The number of likely N-dealkylation sites (N-methyl/N-ethyl adjacent to an activating group) is 1. The third-order valence-electron chi connectivity index (χ3n) is 6.09. The summed E-state index contributed by atoms with van der Waals surface area (Å²) in [6.07, 6.45) is 1.07. The van der Waals surface area contributed by atoms with E-state index in [1.54, 1.807) is 18.2 Å². The summed E-state index contributed by atoms with van der Waals surface area (Å²) in [4.78, 5) is 31.1. The van der Waals surface area contributed by atoms with Crippen LogP contribution in [0.1, 0.15) is 21.7 Å². The molecule has 10 heteroatoms. The molecule has 1 aliphatic heterocycles. The van der Waals surface area contributed by atoms with Crippen molar-refractivity contribution in [3.05, 3.63) is 79.9 Å². The molecule has 1 saturated heterocycles. The van der Waals surface area contributed by atoms with Crippen LogP contribution < -0.4 is 15.5 Å². The predicted octanol–water partition coefficient (Wildman–Crippen LogP) is 5.26. The minimum atomic E-state index is -0.892. The van der Waals surface area contributed by atoms with Crippen molar-refractivity contribution in [1.29, 1.82) is 0 Å². The van der Waals surface area contributed by atoms with Gasteiger partial charge in [-0.25, -0.2) is 0 Å². The lowest BCUT2D eigenvalue weighted by atomic mass is 10.2. The molecule has 2 heterocycles. The van der Waals surface area contributed by atoms with Crippen molar-refractivity contribution in [1.82, 2.24) is 10.2 Å². The normalized spacial score (nSPS) is 15.2. The van der Waals surface area contributed by atoms with Crippen LogP contribution in [0.4, 0.5) is 11.4 Å². The fraction of sp³-hybridized carbons (Fsp3) is 0.333. The van der Waals surface area contributed by atoms with Crippen molar-refractivity contribution in [2.45, 2.75) is 19.1 Å². The molecular formula is C27H30BrClN4O3S. The van der Waals surface area contributed by atoms with Crippen molar-refractivity contribution < 1.29 is 14.3 Å². The second-order valence-electron chi connectivity index (χ2n) is 8.93. The first-order valence-corrected chi connectivity index (χ1v) is 14.1. The number of carbonyl (C=O) groups is 2. The number of anilines is 2. The van der Waals surface area contributed by atoms with Gasteiger partial charge in [-0.3, -0.25) is 9.59 Å². The molecule has 1 fully saturated rings. The number of thiophene rings is 1. The van der Waals surface area contributed by atoms with Crippen molar-refractivity contribution in [2.24, 2.45) is 0 Å². The van der Waals surface area contributed by atoms with Crippen LogP contribution in [0.15, 0.2) is 64.5 Å². The van der Waals surface area contributed by atoms with Crippen LogP contribution in [-0.4, -0.2) is 62.6 Å². The monoisotopic (exact) mass is 604 g/mol. The highest BCUT2D eigenvalue weighted by molar-refractivity contribution is 9.11. The van der Waals surface area contributed by atoms with Gasteiger partial charge in [-0.2, -0.15) is 0 Å². The molecule has 4 rings (SSSR count). The first-order valence-electron chi connectivity index (χ1n) is 12.1. The molecule has 0 saturated carbocycles. The summed E-state index contributed by atoms with van der Waals surface area (Å²) in [6.45, 7) is 4.21. The minimum Gasteiger partial charge on any atom is -0.374 e. The Morgan fingerprint density at radius 1 is 1.08 bits per heavy atom. The van der Waals surface area contributed by atoms with Crippen LogP contribution in [-0.2, 0) is 16.1 Å². The van der Waals surface area contributed by atoms with Crippen LogP contribution in [0.2, 0.25) is 5.02 Å². The van der Waals surface area contributed by atoms with E-state index in [9.17, 15) is 9.59 Å². The summed E-state index contributed by atoms with van der Waals surface area (Å²) in [5, 5.41) is 6.28. The smallest absolute Gasteiger partial charge is 0.262 e. The van der Waals surface area contributed by atoms with Crippen LogP contribution in [0, 0.1) is 0 Å². The second kappa shape index (κ2) is 13.4. The summed E-state index contributed by atoms with van der Waals surface area (Å²) in [5.41, 5.74) is 2.50. The Bertz CT molecular complexity index is 1210. The molecule has 196 valence electrons. The number of benzene rings is 2. The zero-order valence-corrected chi connectivity index (χ0v) is 23.7. The van der Waals surface area contributed by atoms with E-state index in [0.29, 0.717) is 22.2 Å². The van der Waals surface area contributed by atoms with Gasteiger partial charge >= 0.3 is 0 Å². The van der Waals surface area contributed by atoms with Crippen molar-refractivity contribution in [2.75, 3.05) is 50.1 Å². The number of amides is 2. The Labute approximate surface area is 234 Å². The first-order chi connectivity index (χ1) is 17.9. The molecule has 0 radical (unpaired) electrons. The van der Waals surface area contributed by atoms with E-state index >= 15 is 0 Å². The molecule has 37 heavy (non-hydrogen) atoms. The molecule has 0 aliphatic carbocycles. The lowest BCUT2D eigenvalue weighted by molar-refractivity contribution is -0.119. The van der Waals surface area contributed by atoms with Crippen molar-refractivity contribution in [3.8, 4) is 0 Å². The molecule has 3 aromatic rings. The molecule has 1 atom stereocenters. The van der Waals surface area contributed by atoms with E-state index < -0.39 is 6.04 Å². The maximum Gasteiger partial charge on any atom is 0.262 e. The maximum absolute atomic E-state index is 13.2. The molecule has 0 unspecified atom stereocenters. The highest BCUT2D eigenvalue weighted by Crippen LogP contribution is 2.30. The molecule has 2 N–H and O–H groups in total. The SMILES string of the molecule is CN1CCCN(c2ccc(NC(=O)[C@@H](COCc3ccccc3)NC(=O)c3ccc(Br)s3)cc2Cl)CC1. The highest BCUT2D eigenvalue weighted by atomic mass is 79.9.